The predicted molar refractivity (Wildman–Crippen MR) is 74.6 cm³/mol. The zero-order valence-corrected chi connectivity index (χ0v) is 11.3. The van der Waals surface area contributed by atoms with Gasteiger partial charge in [-0.25, -0.2) is 9.97 Å². The molecule has 0 aliphatic carbocycles. The maximum Gasteiger partial charge on any atom is 0.225 e. The molecule has 0 amide bonds. The molecule has 1 atom stereocenters. The van der Waals surface area contributed by atoms with E-state index < -0.39 is 0 Å². The standard InChI is InChI=1S/C14H24N4/c1-2-3-5-13-9-16-14(17-10-13)18-7-4-6-12(8-15)11-18/h9-10,12H,2-8,11,15H2,1H3. The van der Waals surface area contributed by atoms with E-state index in [0.717, 1.165) is 32.0 Å². The summed E-state index contributed by atoms with van der Waals surface area (Å²) < 4.78 is 0. The number of anilines is 1. The first-order valence-corrected chi connectivity index (χ1v) is 7.09. The minimum atomic E-state index is 0.599. The van der Waals surface area contributed by atoms with Gasteiger partial charge in [0, 0.05) is 25.5 Å². The lowest BCUT2D eigenvalue weighted by atomic mass is 9.99. The SMILES string of the molecule is CCCCc1cnc(N2CCCC(CN)C2)nc1. The van der Waals surface area contributed by atoms with Crippen molar-refractivity contribution >= 4 is 5.95 Å². The first-order valence-electron chi connectivity index (χ1n) is 7.09. The summed E-state index contributed by atoms with van der Waals surface area (Å²) in [4.78, 5) is 11.3. The van der Waals surface area contributed by atoms with Gasteiger partial charge in [0.15, 0.2) is 0 Å². The normalized spacial score (nSPS) is 20.1. The Kier molecular flexibility index (Phi) is 4.93. The van der Waals surface area contributed by atoms with Gasteiger partial charge in [-0.3, -0.25) is 0 Å². The summed E-state index contributed by atoms with van der Waals surface area (Å²) in [6.07, 6.45) is 9.90. The monoisotopic (exact) mass is 248 g/mol. The number of rotatable bonds is 5. The highest BCUT2D eigenvalue weighted by Gasteiger charge is 2.20. The molecule has 0 radical (unpaired) electrons. The summed E-state index contributed by atoms with van der Waals surface area (Å²) in [6.45, 7) is 5.04. The van der Waals surface area contributed by atoms with Gasteiger partial charge in [-0.1, -0.05) is 13.3 Å². The zero-order chi connectivity index (χ0) is 12.8. The van der Waals surface area contributed by atoms with E-state index in [1.165, 1.54) is 31.2 Å². The third-order valence-corrected chi connectivity index (χ3v) is 3.65. The van der Waals surface area contributed by atoms with Gasteiger partial charge < -0.3 is 10.6 Å². The summed E-state index contributed by atoms with van der Waals surface area (Å²) in [5, 5.41) is 0. The van der Waals surface area contributed by atoms with Crippen LogP contribution in [0.25, 0.3) is 0 Å². The number of aromatic nitrogens is 2. The van der Waals surface area contributed by atoms with Crippen LogP contribution in [0, 0.1) is 5.92 Å². The Hall–Kier alpha value is -1.16. The highest BCUT2D eigenvalue weighted by Crippen LogP contribution is 2.19. The first kappa shape index (κ1) is 13.3. The van der Waals surface area contributed by atoms with Crippen LogP contribution in [0.5, 0.6) is 0 Å². The van der Waals surface area contributed by atoms with Crippen LogP contribution in [-0.4, -0.2) is 29.6 Å². The predicted octanol–water partition coefficient (Wildman–Crippen LogP) is 1.99. The molecule has 1 aliphatic rings. The van der Waals surface area contributed by atoms with Gasteiger partial charge in [-0.2, -0.15) is 0 Å². The molecule has 0 aromatic carbocycles. The number of nitrogens with zero attached hydrogens (tertiary/aromatic N) is 3. The van der Waals surface area contributed by atoms with Crippen LogP contribution >= 0.6 is 0 Å². The van der Waals surface area contributed by atoms with E-state index in [1.54, 1.807) is 0 Å². The second kappa shape index (κ2) is 6.69. The summed E-state index contributed by atoms with van der Waals surface area (Å²) in [5.41, 5.74) is 7.00. The highest BCUT2D eigenvalue weighted by atomic mass is 15.2. The molecule has 1 aromatic heterocycles. The molecule has 1 saturated heterocycles. The van der Waals surface area contributed by atoms with Gasteiger partial charge in [0.25, 0.3) is 0 Å². The van der Waals surface area contributed by atoms with E-state index in [4.69, 9.17) is 5.73 Å². The van der Waals surface area contributed by atoms with Crippen LogP contribution in [-0.2, 0) is 6.42 Å². The zero-order valence-electron chi connectivity index (χ0n) is 11.3. The fraction of sp³-hybridized carbons (Fsp3) is 0.714. The van der Waals surface area contributed by atoms with Crippen molar-refractivity contribution in [2.45, 2.75) is 39.0 Å². The van der Waals surface area contributed by atoms with Gasteiger partial charge in [0.1, 0.15) is 0 Å². The largest absolute Gasteiger partial charge is 0.341 e. The summed E-state index contributed by atoms with van der Waals surface area (Å²) in [6, 6.07) is 0. The van der Waals surface area contributed by atoms with Crippen molar-refractivity contribution in [1.29, 1.82) is 0 Å². The number of nitrogens with two attached hydrogens (primary N) is 1. The lowest BCUT2D eigenvalue weighted by Crippen LogP contribution is -2.39. The summed E-state index contributed by atoms with van der Waals surface area (Å²) in [5.74, 6) is 1.47. The Labute approximate surface area is 110 Å². The maximum absolute atomic E-state index is 5.76. The molecular formula is C14H24N4. The van der Waals surface area contributed by atoms with Crippen molar-refractivity contribution in [1.82, 2.24) is 9.97 Å². The Balaban J connectivity index is 1.96. The number of aryl methyl sites for hydroxylation is 1. The molecule has 4 nitrogen and oxygen atoms in total. The first-order chi connectivity index (χ1) is 8.83. The molecule has 2 rings (SSSR count). The molecule has 1 aromatic rings. The van der Waals surface area contributed by atoms with Crippen LogP contribution in [0.2, 0.25) is 0 Å². The van der Waals surface area contributed by atoms with Gasteiger partial charge in [-0.05, 0) is 43.7 Å². The van der Waals surface area contributed by atoms with Crippen LogP contribution in [0.4, 0.5) is 5.95 Å². The van der Waals surface area contributed by atoms with Gasteiger partial charge >= 0.3 is 0 Å². The number of unbranched alkanes of at least 4 members (excludes halogenated alkanes) is 1. The fourth-order valence-electron chi connectivity index (χ4n) is 2.46. The Morgan fingerprint density at radius 3 is 2.83 bits per heavy atom. The average Bonchev–Trinajstić information content (AvgIpc) is 2.46. The van der Waals surface area contributed by atoms with E-state index in [9.17, 15) is 0 Å². The fourth-order valence-corrected chi connectivity index (χ4v) is 2.46. The molecule has 4 heteroatoms. The second-order valence-electron chi connectivity index (χ2n) is 5.18. The molecule has 0 saturated carbocycles. The van der Waals surface area contributed by atoms with E-state index in [-0.39, 0.29) is 0 Å². The van der Waals surface area contributed by atoms with Crippen molar-refractivity contribution in [3.8, 4) is 0 Å². The van der Waals surface area contributed by atoms with E-state index in [0.29, 0.717) is 5.92 Å². The number of hydrogen-bond donors (Lipinski definition) is 1. The van der Waals surface area contributed by atoms with Gasteiger partial charge in [-0.15, -0.1) is 0 Å². The van der Waals surface area contributed by atoms with Crippen LogP contribution < -0.4 is 10.6 Å². The molecule has 2 heterocycles. The van der Waals surface area contributed by atoms with Crippen LogP contribution in [0.15, 0.2) is 12.4 Å². The molecule has 18 heavy (non-hydrogen) atoms. The Bertz CT molecular complexity index is 349. The smallest absolute Gasteiger partial charge is 0.225 e. The topological polar surface area (TPSA) is 55.0 Å². The van der Waals surface area contributed by atoms with Gasteiger partial charge in [0.05, 0.1) is 0 Å². The van der Waals surface area contributed by atoms with Crippen molar-refractivity contribution in [3.05, 3.63) is 18.0 Å². The van der Waals surface area contributed by atoms with Crippen molar-refractivity contribution in [3.63, 3.8) is 0 Å². The number of hydrogen-bond acceptors (Lipinski definition) is 4. The minimum Gasteiger partial charge on any atom is -0.341 e. The molecule has 1 aliphatic heterocycles. The van der Waals surface area contributed by atoms with Crippen LogP contribution in [0.3, 0.4) is 0 Å². The summed E-state index contributed by atoms with van der Waals surface area (Å²) >= 11 is 0. The van der Waals surface area contributed by atoms with E-state index >= 15 is 0 Å². The molecule has 2 N–H and O–H groups in total. The van der Waals surface area contributed by atoms with Crippen molar-refractivity contribution in [2.24, 2.45) is 11.7 Å². The molecular weight excluding hydrogens is 224 g/mol. The van der Waals surface area contributed by atoms with Crippen molar-refractivity contribution in [2.75, 3.05) is 24.5 Å². The quantitative estimate of drug-likeness (QED) is 0.866. The lowest BCUT2D eigenvalue weighted by Gasteiger charge is -2.32. The van der Waals surface area contributed by atoms with E-state index in [2.05, 4.69) is 21.8 Å². The lowest BCUT2D eigenvalue weighted by molar-refractivity contribution is 0.419. The van der Waals surface area contributed by atoms with Crippen LogP contribution in [0.1, 0.15) is 38.2 Å². The second-order valence-corrected chi connectivity index (χ2v) is 5.18. The Morgan fingerprint density at radius 2 is 2.17 bits per heavy atom. The van der Waals surface area contributed by atoms with Crippen molar-refractivity contribution < 1.29 is 0 Å². The molecule has 100 valence electrons. The molecule has 0 spiro atoms. The highest BCUT2D eigenvalue weighted by molar-refractivity contribution is 5.30. The third-order valence-electron chi connectivity index (χ3n) is 3.65. The van der Waals surface area contributed by atoms with E-state index in [1.807, 2.05) is 12.4 Å². The number of piperidine rings is 1. The van der Waals surface area contributed by atoms with Gasteiger partial charge in [0.2, 0.25) is 5.95 Å². The maximum atomic E-state index is 5.76. The summed E-state index contributed by atoms with van der Waals surface area (Å²) in [7, 11) is 0. The minimum absolute atomic E-state index is 0.599. The third kappa shape index (κ3) is 3.42. The molecule has 1 unspecified atom stereocenters. The molecule has 0 bridgehead atoms. The average molecular weight is 248 g/mol. The molecule has 1 fully saturated rings. The Morgan fingerprint density at radius 1 is 1.39 bits per heavy atom.